The van der Waals surface area contributed by atoms with E-state index in [1.807, 2.05) is 10.9 Å². The molecular weight excluding hydrogens is 222 g/mol. The van der Waals surface area contributed by atoms with E-state index in [9.17, 15) is 0 Å². The molecule has 0 saturated heterocycles. The van der Waals surface area contributed by atoms with E-state index in [1.165, 1.54) is 24.0 Å². The molecule has 1 aromatic heterocycles. The fourth-order valence-electron chi connectivity index (χ4n) is 1.99. The Morgan fingerprint density at radius 2 is 2.33 bits per heavy atom. The highest BCUT2D eigenvalue weighted by molar-refractivity contribution is 5.51. The molecule has 0 atom stereocenters. The van der Waals surface area contributed by atoms with Gasteiger partial charge in [0.15, 0.2) is 0 Å². The van der Waals surface area contributed by atoms with Crippen LogP contribution in [0.15, 0.2) is 18.0 Å². The average molecular weight is 247 g/mol. The van der Waals surface area contributed by atoms with Crippen LogP contribution in [0.2, 0.25) is 0 Å². The fourth-order valence-corrected chi connectivity index (χ4v) is 1.99. The summed E-state index contributed by atoms with van der Waals surface area (Å²) in [6.45, 7) is 8.72. The topological polar surface area (TPSA) is 29.9 Å². The molecule has 1 saturated carbocycles. The van der Waals surface area contributed by atoms with Crippen LogP contribution >= 0.6 is 0 Å². The molecule has 1 aromatic rings. The molecule has 0 radical (unpaired) electrons. The summed E-state index contributed by atoms with van der Waals surface area (Å²) in [7, 11) is 0. The van der Waals surface area contributed by atoms with Crippen molar-refractivity contribution in [1.29, 1.82) is 0 Å². The van der Waals surface area contributed by atoms with Gasteiger partial charge in [-0.05, 0) is 25.2 Å². The highest BCUT2D eigenvalue weighted by atomic mass is 15.3. The Bertz CT molecular complexity index is 400. The first-order valence-electron chi connectivity index (χ1n) is 7.15. The number of aromatic nitrogens is 2. The molecule has 2 rings (SSSR count). The normalized spacial score (nSPS) is 16.6. The van der Waals surface area contributed by atoms with Gasteiger partial charge in [0.05, 0.1) is 6.20 Å². The zero-order valence-corrected chi connectivity index (χ0v) is 11.8. The zero-order valence-electron chi connectivity index (χ0n) is 11.8. The summed E-state index contributed by atoms with van der Waals surface area (Å²) in [6.07, 6.45) is 10.2. The van der Waals surface area contributed by atoms with Crippen LogP contribution in [0.25, 0.3) is 6.08 Å². The summed E-state index contributed by atoms with van der Waals surface area (Å²) in [5, 5.41) is 7.97. The van der Waals surface area contributed by atoms with Gasteiger partial charge < -0.3 is 5.32 Å². The molecule has 0 amide bonds. The van der Waals surface area contributed by atoms with Gasteiger partial charge in [-0.25, -0.2) is 0 Å². The summed E-state index contributed by atoms with van der Waals surface area (Å²) in [5.41, 5.74) is 2.70. The molecule has 0 bridgehead atoms. The zero-order chi connectivity index (χ0) is 13.0. The van der Waals surface area contributed by atoms with Crippen molar-refractivity contribution in [2.75, 3.05) is 6.54 Å². The Hall–Kier alpha value is -1.09. The lowest BCUT2D eigenvalue weighted by Crippen LogP contribution is -2.21. The second kappa shape index (κ2) is 6.19. The first-order chi connectivity index (χ1) is 8.69. The maximum atomic E-state index is 4.38. The lowest BCUT2D eigenvalue weighted by Gasteiger charge is -2.12. The third-order valence-electron chi connectivity index (χ3n) is 3.37. The number of hydrogen-bond donors (Lipinski definition) is 1. The first kappa shape index (κ1) is 13.3. The molecule has 1 aliphatic rings. The van der Waals surface area contributed by atoms with Crippen molar-refractivity contribution in [1.82, 2.24) is 15.1 Å². The van der Waals surface area contributed by atoms with Crippen LogP contribution in [0.3, 0.4) is 0 Å². The van der Waals surface area contributed by atoms with Crippen LogP contribution in [-0.2, 0) is 6.54 Å². The third kappa shape index (κ3) is 3.98. The largest absolute Gasteiger partial charge is 0.310 e. The lowest BCUT2D eigenvalue weighted by atomic mass is 10.0. The van der Waals surface area contributed by atoms with Crippen LogP contribution < -0.4 is 5.32 Å². The molecule has 100 valence electrons. The van der Waals surface area contributed by atoms with Gasteiger partial charge in [0.2, 0.25) is 0 Å². The van der Waals surface area contributed by atoms with Gasteiger partial charge in [-0.2, -0.15) is 5.10 Å². The maximum Gasteiger partial charge on any atom is 0.0562 e. The molecule has 0 aliphatic heterocycles. The molecule has 1 fully saturated rings. The van der Waals surface area contributed by atoms with Gasteiger partial charge in [0.1, 0.15) is 0 Å². The van der Waals surface area contributed by atoms with Crippen LogP contribution in [0, 0.1) is 5.92 Å². The van der Waals surface area contributed by atoms with Gasteiger partial charge in [-0.15, -0.1) is 0 Å². The Morgan fingerprint density at radius 1 is 1.56 bits per heavy atom. The molecule has 18 heavy (non-hydrogen) atoms. The van der Waals surface area contributed by atoms with Crippen molar-refractivity contribution >= 4 is 6.08 Å². The highest BCUT2D eigenvalue weighted by Crippen LogP contribution is 2.20. The van der Waals surface area contributed by atoms with E-state index in [-0.39, 0.29) is 0 Å². The van der Waals surface area contributed by atoms with Gasteiger partial charge in [-0.1, -0.05) is 32.4 Å². The summed E-state index contributed by atoms with van der Waals surface area (Å²) in [4.78, 5) is 0. The molecule has 1 aliphatic carbocycles. The number of hydrogen-bond acceptors (Lipinski definition) is 2. The van der Waals surface area contributed by atoms with E-state index in [4.69, 9.17) is 0 Å². The number of rotatable bonds is 7. The molecule has 1 N–H and O–H groups in total. The van der Waals surface area contributed by atoms with Crippen LogP contribution in [0.5, 0.6) is 0 Å². The Morgan fingerprint density at radius 3 is 2.94 bits per heavy atom. The molecular formula is C15H25N3. The number of aryl methyl sites for hydroxylation is 1. The summed E-state index contributed by atoms with van der Waals surface area (Å²) in [6, 6.07) is 0.773. The molecule has 0 spiro atoms. The SMILES string of the molecule is CCCn1cc(/C=C(/CNC2CC2)C(C)C)cn1. The van der Waals surface area contributed by atoms with Crippen molar-refractivity contribution < 1.29 is 0 Å². The van der Waals surface area contributed by atoms with Gasteiger partial charge in [0.25, 0.3) is 0 Å². The van der Waals surface area contributed by atoms with E-state index < -0.39 is 0 Å². The second-order valence-electron chi connectivity index (χ2n) is 5.57. The smallest absolute Gasteiger partial charge is 0.0562 e. The van der Waals surface area contributed by atoms with Gasteiger partial charge in [-0.3, -0.25) is 4.68 Å². The average Bonchev–Trinajstić information content (AvgIpc) is 3.05. The van der Waals surface area contributed by atoms with Crippen molar-refractivity contribution in [3.63, 3.8) is 0 Å². The predicted molar refractivity (Wildman–Crippen MR) is 76.4 cm³/mol. The van der Waals surface area contributed by atoms with Gasteiger partial charge in [0, 0.05) is 30.9 Å². The molecule has 0 unspecified atom stereocenters. The summed E-state index contributed by atoms with van der Waals surface area (Å²) < 4.78 is 2.03. The minimum Gasteiger partial charge on any atom is -0.310 e. The van der Waals surface area contributed by atoms with Gasteiger partial charge >= 0.3 is 0 Å². The molecule has 1 heterocycles. The van der Waals surface area contributed by atoms with Crippen LogP contribution in [-0.4, -0.2) is 22.4 Å². The standard InChI is InChI=1S/C15H25N3/c1-4-7-18-11-13(9-17-18)8-14(12(2)3)10-16-15-5-6-15/h8-9,11-12,15-16H,4-7,10H2,1-3H3/b14-8-. The van der Waals surface area contributed by atoms with E-state index in [0.717, 1.165) is 25.6 Å². The Kier molecular flexibility index (Phi) is 4.59. The van der Waals surface area contributed by atoms with Crippen molar-refractivity contribution in [3.05, 3.63) is 23.5 Å². The molecule has 3 nitrogen and oxygen atoms in total. The van der Waals surface area contributed by atoms with Crippen molar-refractivity contribution in [3.8, 4) is 0 Å². The third-order valence-corrected chi connectivity index (χ3v) is 3.37. The minimum absolute atomic E-state index is 0.589. The summed E-state index contributed by atoms with van der Waals surface area (Å²) >= 11 is 0. The van der Waals surface area contributed by atoms with Crippen LogP contribution in [0.4, 0.5) is 0 Å². The number of nitrogens with zero attached hydrogens (tertiary/aromatic N) is 2. The van der Waals surface area contributed by atoms with Crippen molar-refractivity contribution in [2.45, 2.75) is 52.6 Å². The maximum absolute atomic E-state index is 4.38. The highest BCUT2D eigenvalue weighted by Gasteiger charge is 2.20. The molecule has 0 aromatic carbocycles. The fraction of sp³-hybridized carbons (Fsp3) is 0.667. The monoisotopic (exact) mass is 247 g/mol. The van der Waals surface area contributed by atoms with E-state index >= 15 is 0 Å². The minimum atomic E-state index is 0.589. The quantitative estimate of drug-likeness (QED) is 0.802. The first-order valence-corrected chi connectivity index (χ1v) is 7.15. The number of nitrogens with one attached hydrogen (secondary N) is 1. The van der Waals surface area contributed by atoms with Crippen LogP contribution in [0.1, 0.15) is 45.6 Å². The lowest BCUT2D eigenvalue weighted by molar-refractivity contribution is 0.602. The van der Waals surface area contributed by atoms with E-state index in [1.54, 1.807) is 0 Å². The Labute approximate surface area is 110 Å². The second-order valence-corrected chi connectivity index (χ2v) is 5.57. The van der Waals surface area contributed by atoms with E-state index in [0.29, 0.717) is 5.92 Å². The predicted octanol–water partition coefficient (Wildman–Crippen LogP) is 3.08. The summed E-state index contributed by atoms with van der Waals surface area (Å²) in [5.74, 6) is 0.589. The molecule has 3 heteroatoms. The van der Waals surface area contributed by atoms with Crippen molar-refractivity contribution in [2.24, 2.45) is 5.92 Å². The Balaban J connectivity index is 1.99. The van der Waals surface area contributed by atoms with E-state index in [2.05, 4.69) is 43.5 Å².